The van der Waals surface area contributed by atoms with Gasteiger partial charge in [-0.25, -0.2) is 9.97 Å². The average molecular weight is 361 g/mol. The fourth-order valence-corrected chi connectivity index (χ4v) is 3.73. The van der Waals surface area contributed by atoms with Crippen LogP contribution in [0, 0.1) is 0 Å². The lowest BCUT2D eigenvalue weighted by Gasteiger charge is -2.26. The highest BCUT2D eigenvalue weighted by molar-refractivity contribution is 8.18. The summed E-state index contributed by atoms with van der Waals surface area (Å²) < 4.78 is 0. The number of nitrogens with one attached hydrogen (secondary N) is 1. The first-order chi connectivity index (χ1) is 12.0. The van der Waals surface area contributed by atoms with E-state index in [9.17, 15) is 14.4 Å². The minimum Gasteiger partial charge on any atom is -0.339 e. The Morgan fingerprint density at radius 2 is 2.32 bits per heavy atom. The van der Waals surface area contributed by atoms with Gasteiger partial charge in [-0.15, -0.1) is 0 Å². The Hall–Kier alpha value is -2.42. The normalized spacial score (nSPS) is 21.8. The van der Waals surface area contributed by atoms with E-state index in [4.69, 9.17) is 0 Å². The molecule has 0 radical (unpaired) electrons. The van der Waals surface area contributed by atoms with Gasteiger partial charge in [0.05, 0.1) is 16.6 Å². The number of hydrogen-bond acceptors (Lipinski definition) is 7. The summed E-state index contributed by atoms with van der Waals surface area (Å²) in [6.07, 6.45) is 4.08. The van der Waals surface area contributed by atoms with E-state index in [2.05, 4.69) is 15.3 Å². The molecule has 0 spiro atoms. The molecule has 1 aromatic heterocycles. The van der Waals surface area contributed by atoms with Crippen molar-refractivity contribution in [2.45, 2.75) is 26.3 Å². The van der Waals surface area contributed by atoms with Crippen LogP contribution in [0.4, 0.5) is 10.7 Å². The van der Waals surface area contributed by atoms with Crippen molar-refractivity contribution < 1.29 is 14.4 Å². The molecular weight excluding hydrogens is 342 g/mol. The zero-order chi connectivity index (χ0) is 18.0. The van der Waals surface area contributed by atoms with Crippen LogP contribution in [0.1, 0.15) is 26.0 Å². The first-order valence-electron chi connectivity index (χ1n) is 8.08. The van der Waals surface area contributed by atoms with Crippen molar-refractivity contribution >= 4 is 40.8 Å². The van der Waals surface area contributed by atoms with Crippen LogP contribution >= 0.6 is 11.8 Å². The Morgan fingerprint density at radius 3 is 2.96 bits per heavy atom. The van der Waals surface area contributed by atoms with Crippen LogP contribution in [0.5, 0.6) is 0 Å². The molecule has 132 valence electrons. The molecule has 0 bridgehead atoms. The number of hydrogen-bond donors (Lipinski definition) is 1. The predicted molar refractivity (Wildman–Crippen MR) is 94.8 cm³/mol. The topological polar surface area (TPSA) is 95.5 Å². The quantitative estimate of drug-likeness (QED) is 0.806. The Morgan fingerprint density at radius 1 is 1.52 bits per heavy atom. The van der Waals surface area contributed by atoms with E-state index in [-0.39, 0.29) is 17.2 Å². The Balaban J connectivity index is 1.74. The molecule has 1 atom stereocenters. The molecule has 2 aliphatic heterocycles. The summed E-state index contributed by atoms with van der Waals surface area (Å²) in [6.45, 7) is 5.69. The second-order valence-electron chi connectivity index (χ2n) is 5.83. The molecule has 2 saturated heterocycles. The molecule has 1 N–H and O–H groups in total. The Labute approximate surface area is 149 Å². The van der Waals surface area contributed by atoms with Gasteiger partial charge in [-0.05, 0) is 37.2 Å². The minimum atomic E-state index is -0.406. The SMILES string of the molecule is CCN(C(C)=O)C1CCN(c2nccc(/C=C3/SC(=O)NC3=O)n2)C1. The maximum atomic E-state index is 11.7. The summed E-state index contributed by atoms with van der Waals surface area (Å²) in [6, 6.07) is 1.84. The first kappa shape index (κ1) is 17.4. The van der Waals surface area contributed by atoms with E-state index in [1.165, 1.54) is 0 Å². The van der Waals surface area contributed by atoms with E-state index in [0.717, 1.165) is 24.7 Å². The predicted octanol–water partition coefficient (Wildman–Crippen LogP) is 1.25. The van der Waals surface area contributed by atoms with E-state index in [0.29, 0.717) is 29.6 Å². The molecule has 3 heterocycles. The lowest BCUT2D eigenvalue weighted by molar-refractivity contribution is -0.130. The van der Waals surface area contributed by atoms with Crippen molar-refractivity contribution in [3.8, 4) is 0 Å². The summed E-state index contributed by atoms with van der Waals surface area (Å²) in [4.78, 5) is 47.6. The summed E-state index contributed by atoms with van der Waals surface area (Å²) in [5.41, 5.74) is 0.569. The smallest absolute Gasteiger partial charge is 0.290 e. The highest BCUT2D eigenvalue weighted by atomic mass is 32.2. The van der Waals surface area contributed by atoms with Gasteiger partial charge in [0.25, 0.3) is 11.1 Å². The number of anilines is 1. The molecule has 25 heavy (non-hydrogen) atoms. The van der Waals surface area contributed by atoms with E-state index < -0.39 is 5.91 Å². The molecule has 1 unspecified atom stereocenters. The molecule has 1 aromatic rings. The Kier molecular flexibility index (Phi) is 5.03. The number of carbonyl (C=O) groups is 3. The molecule has 3 rings (SSSR count). The Bertz CT molecular complexity index is 751. The average Bonchev–Trinajstić information content (AvgIpc) is 3.15. The molecule has 0 aliphatic carbocycles. The number of likely N-dealkylation sites (N-methyl/N-ethyl adjacent to an activating group) is 1. The third kappa shape index (κ3) is 3.81. The number of thioether (sulfide) groups is 1. The van der Waals surface area contributed by atoms with Gasteiger partial charge in [0, 0.05) is 32.8 Å². The highest BCUT2D eigenvalue weighted by Crippen LogP contribution is 2.26. The second kappa shape index (κ2) is 7.22. The summed E-state index contributed by atoms with van der Waals surface area (Å²) in [5, 5.41) is 1.84. The van der Waals surface area contributed by atoms with E-state index in [1.807, 2.05) is 16.7 Å². The standard InChI is InChI=1S/C16H19N5O3S/c1-3-21(10(2)22)12-5-7-20(9-12)15-17-6-4-11(18-15)8-13-14(23)19-16(24)25-13/h4,6,8,12H,3,5,7,9H2,1-2H3,(H,19,23,24)/b13-8+. The zero-order valence-electron chi connectivity index (χ0n) is 14.1. The summed E-state index contributed by atoms with van der Waals surface area (Å²) >= 11 is 0.860. The fourth-order valence-electron chi connectivity index (χ4n) is 3.07. The van der Waals surface area contributed by atoms with Crippen LogP contribution in [0.15, 0.2) is 17.2 Å². The third-order valence-electron chi connectivity index (χ3n) is 4.22. The molecule has 9 heteroatoms. The van der Waals surface area contributed by atoms with Crippen LogP contribution in [0.2, 0.25) is 0 Å². The lowest BCUT2D eigenvalue weighted by atomic mass is 10.2. The zero-order valence-corrected chi connectivity index (χ0v) is 14.9. The van der Waals surface area contributed by atoms with Gasteiger partial charge in [-0.3, -0.25) is 19.7 Å². The van der Waals surface area contributed by atoms with Crippen molar-refractivity contribution in [3.63, 3.8) is 0 Å². The summed E-state index contributed by atoms with van der Waals surface area (Å²) in [7, 11) is 0. The molecule has 0 saturated carbocycles. The van der Waals surface area contributed by atoms with Gasteiger partial charge in [-0.2, -0.15) is 0 Å². The molecule has 2 aliphatic rings. The van der Waals surface area contributed by atoms with Gasteiger partial charge in [-0.1, -0.05) is 0 Å². The van der Waals surface area contributed by atoms with Crippen molar-refractivity contribution in [1.29, 1.82) is 0 Å². The molecular formula is C16H19N5O3S. The largest absolute Gasteiger partial charge is 0.339 e. The molecule has 8 nitrogen and oxygen atoms in total. The van der Waals surface area contributed by atoms with E-state index in [1.54, 1.807) is 25.3 Å². The van der Waals surface area contributed by atoms with Crippen molar-refractivity contribution in [1.82, 2.24) is 20.2 Å². The maximum absolute atomic E-state index is 11.7. The van der Waals surface area contributed by atoms with Crippen LogP contribution in [-0.4, -0.2) is 57.6 Å². The van der Waals surface area contributed by atoms with Gasteiger partial charge >= 0.3 is 0 Å². The first-order valence-corrected chi connectivity index (χ1v) is 8.89. The lowest BCUT2D eigenvalue weighted by Crippen LogP contribution is -2.40. The third-order valence-corrected chi connectivity index (χ3v) is 5.03. The molecule has 0 aromatic carbocycles. The molecule has 3 amide bonds. The van der Waals surface area contributed by atoms with Crippen LogP contribution in [-0.2, 0) is 9.59 Å². The molecule has 2 fully saturated rings. The van der Waals surface area contributed by atoms with Gasteiger partial charge < -0.3 is 9.80 Å². The van der Waals surface area contributed by atoms with Gasteiger partial charge in [0.15, 0.2) is 0 Å². The van der Waals surface area contributed by atoms with Crippen molar-refractivity contribution in [2.75, 3.05) is 24.5 Å². The fraction of sp³-hybridized carbons (Fsp3) is 0.438. The number of nitrogens with zero attached hydrogens (tertiary/aromatic N) is 4. The minimum absolute atomic E-state index is 0.0719. The highest BCUT2D eigenvalue weighted by Gasteiger charge is 2.30. The summed E-state index contributed by atoms with van der Waals surface area (Å²) in [5.74, 6) is 0.227. The monoisotopic (exact) mass is 361 g/mol. The van der Waals surface area contributed by atoms with E-state index >= 15 is 0 Å². The van der Waals surface area contributed by atoms with Crippen LogP contribution < -0.4 is 10.2 Å². The van der Waals surface area contributed by atoms with Crippen LogP contribution in [0.25, 0.3) is 6.08 Å². The van der Waals surface area contributed by atoms with Gasteiger partial charge in [0.2, 0.25) is 11.9 Å². The van der Waals surface area contributed by atoms with Gasteiger partial charge in [0.1, 0.15) is 0 Å². The van der Waals surface area contributed by atoms with Crippen LogP contribution in [0.3, 0.4) is 0 Å². The van der Waals surface area contributed by atoms with Crippen molar-refractivity contribution in [3.05, 3.63) is 22.9 Å². The number of imide groups is 1. The van der Waals surface area contributed by atoms with Crippen molar-refractivity contribution in [2.24, 2.45) is 0 Å². The second-order valence-corrected chi connectivity index (χ2v) is 6.84. The number of amides is 3. The number of rotatable bonds is 4. The number of aromatic nitrogens is 2. The maximum Gasteiger partial charge on any atom is 0.290 e. The number of carbonyl (C=O) groups excluding carboxylic acids is 3.